The Morgan fingerprint density at radius 3 is 2.43 bits per heavy atom. The summed E-state index contributed by atoms with van der Waals surface area (Å²) in [7, 11) is 0. The van der Waals surface area contributed by atoms with E-state index in [-0.39, 0.29) is 5.97 Å². The Morgan fingerprint density at radius 2 is 1.93 bits per heavy atom. The molecular weight excluding hydrogens is 176 g/mol. The zero-order valence-corrected chi connectivity index (χ0v) is 9.84. The number of ether oxygens (including phenoxy) is 1. The van der Waals surface area contributed by atoms with Gasteiger partial charge in [-0.1, -0.05) is 40.0 Å². The third kappa shape index (κ3) is 6.93. The van der Waals surface area contributed by atoms with Crippen molar-refractivity contribution in [2.45, 2.75) is 59.3 Å². The van der Waals surface area contributed by atoms with Crippen LogP contribution in [0.5, 0.6) is 0 Å². The van der Waals surface area contributed by atoms with Crippen LogP contribution < -0.4 is 0 Å². The zero-order chi connectivity index (χ0) is 10.8. The number of carbonyl (C=O) groups is 1. The van der Waals surface area contributed by atoms with E-state index >= 15 is 0 Å². The van der Waals surface area contributed by atoms with Crippen LogP contribution in [0.4, 0.5) is 0 Å². The summed E-state index contributed by atoms with van der Waals surface area (Å²) in [6.07, 6.45) is 6.20. The summed E-state index contributed by atoms with van der Waals surface area (Å²) < 4.78 is 5.06. The van der Waals surface area contributed by atoms with Crippen LogP contribution >= 0.6 is 0 Å². The van der Waals surface area contributed by atoms with Crippen molar-refractivity contribution in [1.29, 1.82) is 0 Å². The summed E-state index contributed by atoms with van der Waals surface area (Å²) in [4.78, 5) is 11.3. The molecule has 0 aromatic carbocycles. The molecule has 0 heterocycles. The van der Waals surface area contributed by atoms with Crippen LogP contribution in [0.15, 0.2) is 0 Å². The molecule has 84 valence electrons. The van der Waals surface area contributed by atoms with Crippen LogP contribution in [0.1, 0.15) is 59.3 Å². The molecule has 0 aliphatic carbocycles. The van der Waals surface area contributed by atoms with E-state index in [4.69, 9.17) is 4.74 Å². The van der Waals surface area contributed by atoms with Gasteiger partial charge in [-0.2, -0.15) is 0 Å². The lowest BCUT2D eigenvalue weighted by atomic mass is 9.96. The molecule has 14 heavy (non-hydrogen) atoms. The number of hydrogen-bond donors (Lipinski definition) is 0. The third-order valence-electron chi connectivity index (χ3n) is 2.47. The Bertz CT molecular complexity index is 143. The van der Waals surface area contributed by atoms with E-state index in [1.54, 1.807) is 0 Å². The fraction of sp³-hybridized carbons (Fsp3) is 0.917. The molecule has 2 heteroatoms. The van der Waals surface area contributed by atoms with E-state index in [2.05, 4.69) is 13.8 Å². The number of unbranched alkanes of at least 4 members (excludes halogenated alkanes) is 1. The minimum atomic E-state index is -0.0187. The van der Waals surface area contributed by atoms with Crippen LogP contribution in [-0.2, 0) is 9.53 Å². The van der Waals surface area contributed by atoms with E-state index in [9.17, 15) is 4.79 Å². The number of carbonyl (C=O) groups excluding carboxylic acids is 1. The molecule has 0 amide bonds. The molecule has 0 aliphatic heterocycles. The first-order valence-electron chi connectivity index (χ1n) is 5.90. The predicted octanol–water partition coefficient (Wildman–Crippen LogP) is 3.55. The SMILES string of the molecule is CCCCC(CC)CC(=O)OCCC. The summed E-state index contributed by atoms with van der Waals surface area (Å²) in [5.41, 5.74) is 0. The molecule has 0 spiro atoms. The van der Waals surface area contributed by atoms with Gasteiger partial charge < -0.3 is 4.74 Å². The fourth-order valence-electron chi connectivity index (χ4n) is 1.45. The van der Waals surface area contributed by atoms with Crippen molar-refractivity contribution in [3.05, 3.63) is 0 Å². The molecule has 0 fully saturated rings. The first-order valence-corrected chi connectivity index (χ1v) is 5.90. The highest BCUT2D eigenvalue weighted by molar-refractivity contribution is 5.69. The summed E-state index contributed by atoms with van der Waals surface area (Å²) in [5.74, 6) is 0.508. The molecule has 2 nitrogen and oxygen atoms in total. The highest BCUT2D eigenvalue weighted by Gasteiger charge is 2.12. The smallest absolute Gasteiger partial charge is 0.306 e. The zero-order valence-electron chi connectivity index (χ0n) is 9.84. The van der Waals surface area contributed by atoms with Gasteiger partial charge in [-0.15, -0.1) is 0 Å². The Kier molecular flexibility index (Phi) is 8.70. The molecular formula is C12H24O2. The van der Waals surface area contributed by atoms with E-state index in [1.165, 1.54) is 12.8 Å². The average Bonchev–Trinajstić information content (AvgIpc) is 2.21. The van der Waals surface area contributed by atoms with Crippen molar-refractivity contribution in [2.24, 2.45) is 5.92 Å². The van der Waals surface area contributed by atoms with Gasteiger partial charge in [0, 0.05) is 6.42 Å². The average molecular weight is 200 g/mol. The lowest BCUT2D eigenvalue weighted by Crippen LogP contribution is -2.11. The van der Waals surface area contributed by atoms with E-state index < -0.39 is 0 Å². The van der Waals surface area contributed by atoms with Gasteiger partial charge in [0.2, 0.25) is 0 Å². The molecule has 0 bridgehead atoms. The second-order valence-electron chi connectivity index (χ2n) is 3.84. The minimum absolute atomic E-state index is 0.0187. The first-order chi connectivity index (χ1) is 6.74. The van der Waals surface area contributed by atoms with E-state index in [0.29, 0.717) is 18.9 Å². The van der Waals surface area contributed by atoms with Crippen molar-refractivity contribution in [1.82, 2.24) is 0 Å². The highest BCUT2D eigenvalue weighted by atomic mass is 16.5. The normalized spacial score (nSPS) is 12.5. The second kappa shape index (κ2) is 9.04. The Hall–Kier alpha value is -0.530. The maximum atomic E-state index is 11.3. The van der Waals surface area contributed by atoms with Crippen molar-refractivity contribution < 1.29 is 9.53 Å². The van der Waals surface area contributed by atoms with Crippen LogP contribution in [-0.4, -0.2) is 12.6 Å². The van der Waals surface area contributed by atoms with Crippen molar-refractivity contribution in [2.75, 3.05) is 6.61 Å². The maximum absolute atomic E-state index is 11.3. The predicted molar refractivity (Wildman–Crippen MR) is 59.2 cm³/mol. The van der Waals surface area contributed by atoms with Crippen molar-refractivity contribution in [3.63, 3.8) is 0 Å². The number of hydrogen-bond acceptors (Lipinski definition) is 2. The van der Waals surface area contributed by atoms with Gasteiger partial charge in [0.1, 0.15) is 0 Å². The standard InChI is InChI=1S/C12H24O2/c1-4-7-8-11(6-3)10-12(13)14-9-5-2/h11H,4-10H2,1-3H3. The number of esters is 1. The summed E-state index contributed by atoms with van der Waals surface area (Å²) in [6, 6.07) is 0. The molecule has 0 rings (SSSR count). The molecule has 0 N–H and O–H groups in total. The van der Waals surface area contributed by atoms with E-state index in [1.807, 2.05) is 6.92 Å². The van der Waals surface area contributed by atoms with E-state index in [0.717, 1.165) is 19.3 Å². The largest absolute Gasteiger partial charge is 0.466 e. The van der Waals surface area contributed by atoms with Crippen LogP contribution in [0, 0.1) is 5.92 Å². The molecule has 0 aromatic rings. The topological polar surface area (TPSA) is 26.3 Å². The van der Waals surface area contributed by atoms with Crippen molar-refractivity contribution in [3.8, 4) is 0 Å². The van der Waals surface area contributed by atoms with Crippen molar-refractivity contribution >= 4 is 5.97 Å². The quantitative estimate of drug-likeness (QED) is 0.560. The molecule has 0 aliphatic rings. The van der Waals surface area contributed by atoms with Gasteiger partial charge in [0.25, 0.3) is 0 Å². The summed E-state index contributed by atoms with van der Waals surface area (Å²) in [6.45, 7) is 6.92. The lowest BCUT2D eigenvalue weighted by molar-refractivity contribution is -0.144. The summed E-state index contributed by atoms with van der Waals surface area (Å²) in [5, 5.41) is 0. The first kappa shape index (κ1) is 13.5. The Morgan fingerprint density at radius 1 is 1.21 bits per heavy atom. The van der Waals surface area contributed by atoms with Crippen LogP contribution in [0.25, 0.3) is 0 Å². The second-order valence-corrected chi connectivity index (χ2v) is 3.84. The van der Waals surface area contributed by atoms with Gasteiger partial charge in [-0.05, 0) is 18.8 Å². The molecule has 1 unspecified atom stereocenters. The van der Waals surface area contributed by atoms with Gasteiger partial charge >= 0.3 is 5.97 Å². The van der Waals surface area contributed by atoms with Crippen LogP contribution in [0.2, 0.25) is 0 Å². The van der Waals surface area contributed by atoms with Gasteiger partial charge in [0.05, 0.1) is 6.61 Å². The molecule has 0 saturated carbocycles. The minimum Gasteiger partial charge on any atom is -0.466 e. The fourth-order valence-corrected chi connectivity index (χ4v) is 1.45. The molecule has 0 aromatic heterocycles. The lowest BCUT2D eigenvalue weighted by Gasteiger charge is -2.13. The molecule has 0 saturated heterocycles. The Balaban J connectivity index is 3.62. The maximum Gasteiger partial charge on any atom is 0.306 e. The monoisotopic (exact) mass is 200 g/mol. The molecule has 0 radical (unpaired) electrons. The number of rotatable bonds is 8. The Labute approximate surface area is 88.0 Å². The third-order valence-corrected chi connectivity index (χ3v) is 2.47. The highest BCUT2D eigenvalue weighted by Crippen LogP contribution is 2.17. The summed E-state index contributed by atoms with van der Waals surface area (Å²) >= 11 is 0. The van der Waals surface area contributed by atoms with Gasteiger partial charge in [-0.25, -0.2) is 0 Å². The van der Waals surface area contributed by atoms with Gasteiger partial charge in [0.15, 0.2) is 0 Å². The molecule has 1 atom stereocenters. The van der Waals surface area contributed by atoms with Crippen LogP contribution in [0.3, 0.4) is 0 Å². The van der Waals surface area contributed by atoms with Gasteiger partial charge in [-0.3, -0.25) is 4.79 Å².